The van der Waals surface area contributed by atoms with Gasteiger partial charge in [0.1, 0.15) is 11.8 Å². The summed E-state index contributed by atoms with van der Waals surface area (Å²) in [5.74, 6) is 1.79. The van der Waals surface area contributed by atoms with Crippen LogP contribution in [-0.2, 0) is 0 Å². The molecule has 0 aromatic heterocycles. The predicted octanol–water partition coefficient (Wildman–Crippen LogP) is 8.38. The largest absolute Gasteiger partial charge is 0.573 e. The van der Waals surface area contributed by atoms with Crippen LogP contribution in [0.15, 0.2) is 48.3 Å². The Balaban J connectivity index is 1.37. The third-order valence-corrected chi connectivity index (χ3v) is 7.14. The fourth-order valence-electron chi connectivity index (χ4n) is 5.43. The molecule has 0 atom stereocenters. The van der Waals surface area contributed by atoms with E-state index >= 15 is 0 Å². The number of halogens is 4. The Morgan fingerprint density at radius 3 is 2.12 bits per heavy atom. The van der Waals surface area contributed by atoms with Crippen molar-refractivity contribution in [2.45, 2.75) is 76.5 Å². The molecule has 1 aromatic rings. The second-order valence-corrected chi connectivity index (χ2v) is 9.14. The van der Waals surface area contributed by atoms with Crippen molar-refractivity contribution in [2.75, 3.05) is 0 Å². The van der Waals surface area contributed by atoms with Crippen LogP contribution in [0.2, 0.25) is 0 Å². The number of ether oxygens (including phenoxy) is 1. The van der Waals surface area contributed by atoms with E-state index in [4.69, 9.17) is 5.26 Å². The van der Waals surface area contributed by atoms with Gasteiger partial charge in [0.25, 0.3) is 0 Å². The summed E-state index contributed by atoms with van der Waals surface area (Å²) in [6.07, 6.45) is 11.8. The molecule has 2 aliphatic carbocycles. The number of hydrogen-bond donors (Lipinski definition) is 0. The maximum atomic E-state index is 12.7. The van der Waals surface area contributed by atoms with Crippen LogP contribution >= 0.6 is 0 Å². The summed E-state index contributed by atoms with van der Waals surface area (Å²) < 4.78 is 53.7. The summed E-state index contributed by atoms with van der Waals surface area (Å²) in [7, 11) is 0. The molecule has 0 heterocycles. The standard InChI is InChI=1S/C26H31F4NO/c27-24(18-31)5-3-1-2-4-19-6-8-20(9-7-19)21-10-12-22(13-11-21)23-14-16-25(17-15-23)32-26(28,29)30/h1,3,5,14-17,19-22H,2,4,6-13H2/b3-1+,24-5-. The number of rotatable bonds is 7. The molecule has 0 saturated heterocycles. The van der Waals surface area contributed by atoms with Crippen molar-refractivity contribution in [1.82, 2.24) is 0 Å². The maximum absolute atomic E-state index is 12.7. The molecular weight excluding hydrogens is 418 g/mol. The lowest BCUT2D eigenvalue weighted by atomic mass is 9.68. The minimum Gasteiger partial charge on any atom is -0.406 e. The van der Waals surface area contributed by atoms with E-state index in [9.17, 15) is 17.6 Å². The van der Waals surface area contributed by atoms with E-state index in [1.54, 1.807) is 18.2 Å². The second-order valence-electron chi connectivity index (χ2n) is 9.14. The van der Waals surface area contributed by atoms with E-state index in [-0.39, 0.29) is 5.75 Å². The molecule has 0 N–H and O–H groups in total. The van der Waals surface area contributed by atoms with Crippen LogP contribution in [-0.4, -0.2) is 6.36 Å². The molecule has 0 bridgehead atoms. The summed E-state index contributed by atoms with van der Waals surface area (Å²) in [6, 6.07) is 7.85. The first-order chi connectivity index (χ1) is 15.3. The molecule has 32 heavy (non-hydrogen) atoms. The number of nitriles is 1. The average Bonchev–Trinajstić information content (AvgIpc) is 2.79. The minimum absolute atomic E-state index is 0.159. The molecule has 174 valence electrons. The van der Waals surface area contributed by atoms with Gasteiger partial charge < -0.3 is 4.74 Å². The fourth-order valence-corrected chi connectivity index (χ4v) is 5.43. The first-order valence-electron chi connectivity index (χ1n) is 11.6. The van der Waals surface area contributed by atoms with Gasteiger partial charge in [0, 0.05) is 0 Å². The Bertz CT molecular complexity index is 806. The van der Waals surface area contributed by atoms with Crippen molar-refractivity contribution in [1.29, 1.82) is 5.26 Å². The van der Waals surface area contributed by atoms with Crippen molar-refractivity contribution in [2.24, 2.45) is 17.8 Å². The fraction of sp³-hybridized carbons (Fsp3) is 0.577. The minimum atomic E-state index is -4.65. The second kappa shape index (κ2) is 11.5. The van der Waals surface area contributed by atoms with Crippen molar-refractivity contribution in [3.8, 4) is 11.8 Å². The summed E-state index contributed by atoms with van der Waals surface area (Å²) in [5.41, 5.74) is 1.11. The molecule has 6 heteroatoms. The van der Waals surface area contributed by atoms with Crippen molar-refractivity contribution in [3.63, 3.8) is 0 Å². The zero-order chi connectivity index (χ0) is 23.0. The summed E-state index contributed by atoms with van der Waals surface area (Å²) >= 11 is 0. The van der Waals surface area contributed by atoms with E-state index in [0.717, 1.165) is 49.0 Å². The molecule has 0 aliphatic heterocycles. The van der Waals surface area contributed by atoms with Crippen molar-refractivity contribution in [3.05, 3.63) is 53.9 Å². The van der Waals surface area contributed by atoms with E-state index in [1.807, 2.05) is 6.08 Å². The number of nitrogens with zero attached hydrogens (tertiary/aromatic N) is 1. The molecule has 2 aliphatic rings. The lowest BCUT2D eigenvalue weighted by molar-refractivity contribution is -0.274. The normalized spacial score (nSPS) is 27.3. The third-order valence-electron chi connectivity index (χ3n) is 7.14. The van der Waals surface area contributed by atoms with Crippen LogP contribution in [0.1, 0.15) is 75.7 Å². The molecule has 1 aromatic carbocycles. The highest BCUT2D eigenvalue weighted by Gasteiger charge is 2.32. The Morgan fingerprint density at radius 2 is 1.56 bits per heavy atom. The topological polar surface area (TPSA) is 33.0 Å². The maximum Gasteiger partial charge on any atom is 0.573 e. The van der Waals surface area contributed by atoms with Crippen LogP contribution in [0.25, 0.3) is 0 Å². The Morgan fingerprint density at radius 1 is 0.969 bits per heavy atom. The van der Waals surface area contributed by atoms with E-state index < -0.39 is 12.2 Å². The van der Waals surface area contributed by atoms with Crippen LogP contribution in [0.4, 0.5) is 17.6 Å². The first-order valence-corrected chi connectivity index (χ1v) is 11.6. The number of alkyl halides is 3. The van der Waals surface area contributed by atoms with Crippen LogP contribution in [0, 0.1) is 29.1 Å². The zero-order valence-corrected chi connectivity index (χ0v) is 18.3. The molecule has 0 radical (unpaired) electrons. The molecule has 0 amide bonds. The Hall–Kier alpha value is -2.29. The van der Waals surface area contributed by atoms with Gasteiger partial charge in [-0.15, -0.1) is 13.2 Å². The molecule has 2 fully saturated rings. The van der Waals surface area contributed by atoms with Gasteiger partial charge in [-0.1, -0.05) is 37.1 Å². The van der Waals surface area contributed by atoms with Gasteiger partial charge in [0.2, 0.25) is 0 Å². The lowest BCUT2D eigenvalue weighted by Gasteiger charge is -2.38. The third kappa shape index (κ3) is 7.69. The first kappa shape index (κ1) is 24.4. The van der Waals surface area contributed by atoms with Crippen LogP contribution < -0.4 is 4.74 Å². The summed E-state index contributed by atoms with van der Waals surface area (Å²) in [4.78, 5) is 0. The van der Waals surface area contributed by atoms with E-state index in [1.165, 1.54) is 62.8 Å². The number of allylic oxidation sites excluding steroid dienone is 4. The average molecular weight is 450 g/mol. The van der Waals surface area contributed by atoms with E-state index in [2.05, 4.69) is 4.74 Å². The molecule has 2 saturated carbocycles. The van der Waals surface area contributed by atoms with Gasteiger partial charge >= 0.3 is 6.36 Å². The Labute approximate surface area is 188 Å². The van der Waals surface area contributed by atoms with Crippen LogP contribution in [0.3, 0.4) is 0 Å². The van der Waals surface area contributed by atoms with Crippen LogP contribution in [0.5, 0.6) is 5.75 Å². The van der Waals surface area contributed by atoms with Gasteiger partial charge in [0.05, 0.1) is 0 Å². The summed E-state index contributed by atoms with van der Waals surface area (Å²) in [6.45, 7) is 0. The summed E-state index contributed by atoms with van der Waals surface area (Å²) in [5, 5.41) is 8.38. The number of benzene rings is 1. The SMILES string of the molecule is N#C/C(F)=C/C=C/CCC1CCC(C2CCC(c3ccc(OC(F)(F)F)cc3)CC2)CC1. The van der Waals surface area contributed by atoms with Gasteiger partial charge in [-0.3, -0.25) is 0 Å². The quantitative estimate of drug-likeness (QED) is 0.238. The van der Waals surface area contributed by atoms with E-state index in [0.29, 0.717) is 5.92 Å². The smallest absolute Gasteiger partial charge is 0.406 e. The molecule has 0 spiro atoms. The monoisotopic (exact) mass is 449 g/mol. The van der Waals surface area contributed by atoms with Gasteiger partial charge in [-0.05, 0) is 98.8 Å². The van der Waals surface area contributed by atoms with Crippen molar-refractivity contribution < 1.29 is 22.3 Å². The Kier molecular flexibility index (Phi) is 8.78. The zero-order valence-electron chi connectivity index (χ0n) is 18.3. The molecule has 0 unspecified atom stereocenters. The van der Waals surface area contributed by atoms with Crippen molar-refractivity contribution >= 4 is 0 Å². The molecule has 3 rings (SSSR count). The van der Waals surface area contributed by atoms with Gasteiger partial charge in [0.15, 0.2) is 5.83 Å². The van der Waals surface area contributed by atoms with Gasteiger partial charge in [-0.2, -0.15) is 9.65 Å². The molecular formula is C26H31F4NO. The highest BCUT2D eigenvalue weighted by molar-refractivity contribution is 5.30. The highest BCUT2D eigenvalue weighted by Crippen LogP contribution is 2.44. The number of hydrogen-bond acceptors (Lipinski definition) is 2. The highest BCUT2D eigenvalue weighted by atomic mass is 19.4. The van der Waals surface area contributed by atoms with Gasteiger partial charge in [-0.25, -0.2) is 0 Å². The lowest BCUT2D eigenvalue weighted by Crippen LogP contribution is -2.25. The predicted molar refractivity (Wildman–Crippen MR) is 116 cm³/mol. The molecule has 2 nitrogen and oxygen atoms in total.